The molecule has 2 aromatic carbocycles. The zero-order valence-corrected chi connectivity index (χ0v) is 19.2. The molecule has 1 unspecified atom stereocenters. The van der Waals surface area contributed by atoms with E-state index in [0.717, 1.165) is 0 Å². The van der Waals surface area contributed by atoms with Crippen molar-refractivity contribution in [1.82, 2.24) is 25.6 Å². The van der Waals surface area contributed by atoms with E-state index in [1.54, 1.807) is 72.9 Å². The lowest BCUT2D eigenvalue weighted by molar-refractivity contribution is -0.144. The first-order chi connectivity index (χ1) is 17.5. The van der Waals surface area contributed by atoms with Gasteiger partial charge in [-0.05, 0) is 35.9 Å². The van der Waals surface area contributed by atoms with Gasteiger partial charge in [0.25, 0.3) is 5.91 Å². The van der Waals surface area contributed by atoms with Gasteiger partial charge in [-0.25, -0.2) is 19.5 Å². The minimum atomic E-state index is -0.924. The van der Waals surface area contributed by atoms with Crippen LogP contribution in [0.15, 0.2) is 85.2 Å². The van der Waals surface area contributed by atoms with Crippen molar-refractivity contribution < 1.29 is 23.6 Å². The molecule has 1 atom stereocenters. The van der Waals surface area contributed by atoms with Gasteiger partial charge in [-0.1, -0.05) is 42.5 Å². The molecule has 0 radical (unpaired) electrons. The maximum absolute atomic E-state index is 14.2. The lowest BCUT2D eigenvalue weighted by Gasteiger charge is -2.19. The van der Waals surface area contributed by atoms with Gasteiger partial charge in [0, 0.05) is 24.4 Å². The molecule has 182 valence electrons. The van der Waals surface area contributed by atoms with E-state index in [0.29, 0.717) is 16.8 Å². The van der Waals surface area contributed by atoms with Crippen molar-refractivity contribution in [2.75, 3.05) is 7.11 Å². The molecule has 2 aromatic heterocycles. The molecule has 2 N–H and O–H groups in total. The fourth-order valence-corrected chi connectivity index (χ4v) is 3.61. The van der Waals surface area contributed by atoms with Crippen LogP contribution in [0.2, 0.25) is 0 Å². The molecule has 2 amide bonds. The predicted octanol–water partition coefficient (Wildman–Crippen LogP) is 3.18. The molecule has 0 saturated heterocycles. The number of Topliss-reactive ketones (excluding diaryl/α,β-unsaturated/α-hetero) is 1. The third-order valence-electron chi connectivity index (χ3n) is 5.33. The Labute approximate surface area is 205 Å². The van der Waals surface area contributed by atoms with Crippen molar-refractivity contribution in [3.63, 3.8) is 0 Å². The zero-order chi connectivity index (χ0) is 25.5. The van der Waals surface area contributed by atoms with Crippen LogP contribution in [0.25, 0.3) is 17.1 Å². The number of carbonyl (C=O) groups excluding carboxylic acids is 3. The van der Waals surface area contributed by atoms with Crippen molar-refractivity contribution in [3.05, 3.63) is 102 Å². The number of amides is 2. The van der Waals surface area contributed by atoms with Crippen LogP contribution in [0.1, 0.15) is 28.4 Å². The smallest absolute Gasteiger partial charge is 0.310 e. The molecular weight excluding hydrogens is 465 g/mol. The van der Waals surface area contributed by atoms with E-state index in [2.05, 4.69) is 20.2 Å². The lowest BCUT2D eigenvalue weighted by Crippen LogP contribution is -2.36. The summed E-state index contributed by atoms with van der Waals surface area (Å²) in [5, 5.41) is 7.21. The van der Waals surface area contributed by atoms with Crippen LogP contribution in [0.5, 0.6) is 0 Å². The second-order valence-corrected chi connectivity index (χ2v) is 7.70. The lowest BCUT2D eigenvalue weighted by atomic mass is 10.0. The second kappa shape index (κ2) is 11.2. The molecule has 0 spiro atoms. The molecule has 4 aromatic rings. The zero-order valence-electron chi connectivity index (χ0n) is 19.2. The average Bonchev–Trinajstić information content (AvgIpc) is 3.39. The van der Waals surface area contributed by atoms with Crippen LogP contribution in [0.3, 0.4) is 0 Å². The van der Waals surface area contributed by atoms with Gasteiger partial charge in [-0.3, -0.25) is 19.2 Å². The monoisotopic (exact) mass is 487 g/mol. The summed E-state index contributed by atoms with van der Waals surface area (Å²) in [5.41, 5.74) is 3.49. The standard InChI is InChI=1S/C26H22FN5O4/c1-36-31-26(35)23(33)16-22(17-8-3-2-4-9-17)29-25(34)19-11-7-14-28-24(19)32-15-13-21(30-32)18-10-5-6-12-20(18)27/h2-15,22H,16H2,1H3,(H,29,34)(H,31,35). The van der Waals surface area contributed by atoms with Crippen molar-refractivity contribution in [1.29, 1.82) is 0 Å². The van der Waals surface area contributed by atoms with E-state index < -0.39 is 29.5 Å². The number of nitrogens with one attached hydrogen (secondary N) is 2. The number of halogens is 1. The van der Waals surface area contributed by atoms with Crippen LogP contribution in [0, 0.1) is 5.82 Å². The molecule has 0 bridgehead atoms. The second-order valence-electron chi connectivity index (χ2n) is 7.70. The van der Waals surface area contributed by atoms with Crippen LogP contribution >= 0.6 is 0 Å². The van der Waals surface area contributed by atoms with Gasteiger partial charge in [0.15, 0.2) is 5.82 Å². The first-order valence-corrected chi connectivity index (χ1v) is 11.0. The van der Waals surface area contributed by atoms with Crippen LogP contribution in [-0.2, 0) is 14.4 Å². The third kappa shape index (κ3) is 5.50. The first kappa shape index (κ1) is 24.4. The molecular formula is C26H22FN5O4. The number of hydrogen-bond donors (Lipinski definition) is 2. The number of benzene rings is 2. The van der Waals surface area contributed by atoms with E-state index in [1.165, 1.54) is 24.1 Å². The predicted molar refractivity (Wildman–Crippen MR) is 128 cm³/mol. The molecule has 0 fully saturated rings. The summed E-state index contributed by atoms with van der Waals surface area (Å²) in [6.07, 6.45) is 2.79. The van der Waals surface area contributed by atoms with E-state index in [1.807, 2.05) is 5.48 Å². The maximum atomic E-state index is 14.2. The quantitative estimate of drug-likeness (QED) is 0.277. The SMILES string of the molecule is CONC(=O)C(=O)CC(NC(=O)c1cccnc1-n1ccc(-c2ccccc2F)n1)c1ccccc1. The summed E-state index contributed by atoms with van der Waals surface area (Å²) in [6, 6.07) is 19.0. The summed E-state index contributed by atoms with van der Waals surface area (Å²) in [6.45, 7) is 0. The number of nitrogens with zero attached hydrogens (tertiary/aromatic N) is 3. The molecule has 0 aliphatic carbocycles. The molecule has 9 nitrogen and oxygen atoms in total. The van der Waals surface area contributed by atoms with Crippen molar-refractivity contribution >= 4 is 17.6 Å². The Kier molecular flexibility index (Phi) is 7.57. The minimum absolute atomic E-state index is 0.176. The van der Waals surface area contributed by atoms with Crippen LogP contribution in [0.4, 0.5) is 4.39 Å². The largest absolute Gasteiger partial charge is 0.345 e. The number of hydroxylamine groups is 1. The Morgan fingerprint density at radius 1 is 1.00 bits per heavy atom. The Bertz CT molecular complexity index is 1390. The first-order valence-electron chi connectivity index (χ1n) is 11.0. The topological polar surface area (TPSA) is 115 Å². The highest BCUT2D eigenvalue weighted by atomic mass is 19.1. The summed E-state index contributed by atoms with van der Waals surface area (Å²) < 4.78 is 15.6. The Morgan fingerprint density at radius 2 is 1.75 bits per heavy atom. The summed E-state index contributed by atoms with van der Waals surface area (Å²) in [7, 11) is 1.22. The van der Waals surface area contributed by atoms with Gasteiger partial charge >= 0.3 is 5.91 Å². The minimum Gasteiger partial charge on any atom is -0.345 e. The number of rotatable bonds is 9. The van der Waals surface area contributed by atoms with E-state index >= 15 is 0 Å². The fourth-order valence-electron chi connectivity index (χ4n) is 3.61. The van der Waals surface area contributed by atoms with Gasteiger partial charge in [-0.2, -0.15) is 5.10 Å². The molecule has 0 saturated carbocycles. The van der Waals surface area contributed by atoms with E-state index in [9.17, 15) is 18.8 Å². The van der Waals surface area contributed by atoms with Gasteiger partial charge in [0.1, 0.15) is 5.82 Å². The number of pyridine rings is 1. The Hall–Kier alpha value is -4.70. The molecule has 0 aliphatic heterocycles. The fraction of sp³-hybridized carbons (Fsp3) is 0.115. The Morgan fingerprint density at radius 3 is 2.50 bits per heavy atom. The molecule has 2 heterocycles. The highest BCUT2D eigenvalue weighted by Gasteiger charge is 2.25. The normalized spacial score (nSPS) is 11.5. The number of carbonyl (C=O) groups is 3. The van der Waals surface area contributed by atoms with Gasteiger partial charge in [0.2, 0.25) is 5.78 Å². The summed E-state index contributed by atoms with van der Waals surface area (Å²) >= 11 is 0. The van der Waals surface area contributed by atoms with Gasteiger partial charge < -0.3 is 5.32 Å². The molecule has 36 heavy (non-hydrogen) atoms. The molecule has 0 aliphatic rings. The van der Waals surface area contributed by atoms with E-state index in [4.69, 9.17) is 0 Å². The Balaban J connectivity index is 1.62. The van der Waals surface area contributed by atoms with E-state index in [-0.39, 0.29) is 17.8 Å². The van der Waals surface area contributed by atoms with Crippen LogP contribution < -0.4 is 10.8 Å². The molecule has 10 heteroatoms. The summed E-state index contributed by atoms with van der Waals surface area (Å²) in [4.78, 5) is 46.4. The highest BCUT2D eigenvalue weighted by Crippen LogP contribution is 2.23. The highest BCUT2D eigenvalue weighted by molar-refractivity contribution is 6.36. The number of hydrogen-bond acceptors (Lipinski definition) is 6. The van der Waals surface area contributed by atoms with Gasteiger partial charge in [0.05, 0.1) is 24.4 Å². The average molecular weight is 487 g/mol. The van der Waals surface area contributed by atoms with Crippen molar-refractivity contribution in [2.24, 2.45) is 0 Å². The van der Waals surface area contributed by atoms with Gasteiger partial charge in [-0.15, -0.1) is 0 Å². The molecule has 4 rings (SSSR count). The maximum Gasteiger partial charge on any atom is 0.310 e. The van der Waals surface area contributed by atoms with Crippen molar-refractivity contribution in [3.8, 4) is 17.1 Å². The van der Waals surface area contributed by atoms with Crippen LogP contribution in [-0.4, -0.2) is 39.5 Å². The number of aromatic nitrogens is 3. The summed E-state index contributed by atoms with van der Waals surface area (Å²) in [5.74, 6) is -2.43. The van der Waals surface area contributed by atoms with Crippen molar-refractivity contribution in [2.45, 2.75) is 12.5 Å². The number of ketones is 1. The third-order valence-corrected chi connectivity index (χ3v) is 5.33.